The molecule has 1 atom stereocenters. The predicted octanol–water partition coefficient (Wildman–Crippen LogP) is 4.18. The molecule has 1 saturated carbocycles. The summed E-state index contributed by atoms with van der Waals surface area (Å²) in [4.78, 5) is 23.4. The van der Waals surface area contributed by atoms with Crippen molar-refractivity contribution in [2.24, 2.45) is 11.8 Å². The number of hydrogen-bond acceptors (Lipinski definition) is 3. The number of carboxylic acid groups (broad SMARTS) is 1. The van der Waals surface area contributed by atoms with E-state index in [1.165, 1.54) is 11.1 Å². The molecule has 1 aliphatic carbocycles. The van der Waals surface area contributed by atoms with Gasteiger partial charge < -0.3 is 15.2 Å². The fourth-order valence-corrected chi connectivity index (χ4v) is 4.35. The average molecular weight is 393 g/mol. The molecule has 152 valence electrons. The van der Waals surface area contributed by atoms with Crippen LogP contribution < -0.4 is 10.1 Å². The molecule has 29 heavy (non-hydrogen) atoms. The van der Waals surface area contributed by atoms with Crippen molar-refractivity contribution in [2.45, 2.75) is 51.7 Å². The molecular weight excluding hydrogens is 366 g/mol. The van der Waals surface area contributed by atoms with Crippen LogP contribution in [0.5, 0.6) is 5.75 Å². The van der Waals surface area contributed by atoms with Gasteiger partial charge in [0.1, 0.15) is 11.9 Å². The van der Waals surface area contributed by atoms with E-state index in [0.717, 1.165) is 23.3 Å². The molecule has 5 nitrogen and oxygen atoms in total. The molecule has 2 aromatic rings. The highest BCUT2D eigenvalue weighted by Gasteiger charge is 2.29. The van der Waals surface area contributed by atoms with E-state index < -0.39 is 5.97 Å². The average Bonchev–Trinajstić information content (AvgIpc) is 3.11. The number of carbonyl (C=O) groups excluding carboxylic acids is 1. The maximum absolute atomic E-state index is 12.4. The molecule has 0 aromatic heterocycles. The molecule has 1 amide bonds. The second-order valence-corrected chi connectivity index (χ2v) is 8.26. The number of aliphatic carboxylic acids is 1. The Balaban J connectivity index is 1.32. The minimum absolute atomic E-state index is 0.0330. The van der Waals surface area contributed by atoms with E-state index in [4.69, 9.17) is 9.84 Å². The van der Waals surface area contributed by atoms with E-state index in [1.54, 1.807) is 0 Å². The van der Waals surface area contributed by atoms with Gasteiger partial charge in [-0.3, -0.25) is 9.59 Å². The summed E-state index contributed by atoms with van der Waals surface area (Å²) in [6.45, 7) is 2.58. The van der Waals surface area contributed by atoms with Crippen LogP contribution in [0.1, 0.15) is 43.7 Å². The minimum Gasteiger partial charge on any atom is -0.490 e. The summed E-state index contributed by atoms with van der Waals surface area (Å²) < 4.78 is 5.77. The van der Waals surface area contributed by atoms with Crippen molar-refractivity contribution in [3.63, 3.8) is 0 Å². The molecule has 1 heterocycles. The van der Waals surface area contributed by atoms with Gasteiger partial charge in [0, 0.05) is 18.9 Å². The molecule has 1 unspecified atom stereocenters. The molecule has 0 spiro atoms. The van der Waals surface area contributed by atoms with Crippen LogP contribution in [0.25, 0.3) is 11.1 Å². The Labute approximate surface area is 171 Å². The van der Waals surface area contributed by atoms with E-state index >= 15 is 0 Å². The number of carboxylic acids is 1. The number of nitrogens with one attached hydrogen (secondary N) is 1. The Morgan fingerprint density at radius 1 is 1.00 bits per heavy atom. The maximum atomic E-state index is 12.4. The monoisotopic (exact) mass is 393 g/mol. The Hall–Kier alpha value is -2.82. The van der Waals surface area contributed by atoms with Crippen LogP contribution in [0, 0.1) is 11.8 Å². The fraction of sp³-hybridized carbons (Fsp3) is 0.417. The molecule has 4 rings (SSSR count). The van der Waals surface area contributed by atoms with Gasteiger partial charge in [-0.2, -0.15) is 0 Å². The number of carbonyl (C=O) groups is 2. The van der Waals surface area contributed by atoms with Gasteiger partial charge in [0.2, 0.25) is 5.91 Å². The zero-order valence-electron chi connectivity index (χ0n) is 16.7. The van der Waals surface area contributed by atoms with Crippen LogP contribution in [0.3, 0.4) is 0 Å². The highest BCUT2D eigenvalue weighted by molar-refractivity contribution is 5.79. The largest absolute Gasteiger partial charge is 0.490 e. The van der Waals surface area contributed by atoms with E-state index in [2.05, 4.69) is 36.5 Å². The molecule has 2 N–H and O–H groups in total. The van der Waals surface area contributed by atoms with Gasteiger partial charge >= 0.3 is 5.97 Å². The third kappa shape index (κ3) is 4.44. The summed E-state index contributed by atoms with van der Waals surface area (Å²) in [5.41, 5.74) is 4.63. The molecule has 0 saturated heterocycles. The first kappa shape index (κ1) is 19.5. The normalized spacial score (nSPS) is 23.1. The number of hydrogen-bond donors (Lipinski definition) is 2. The molecule has 2 aromatic carbocycles. The van der Waals surface area contributed by atoms with Crippen LogP contribution in [0.2, 0.25) is 0 Å². The summed E-state index contributed by atoms with van der Waals surface area (Å²) in [6, 6.07) is 14.6. The Morgan fingerprint density at radius 3 is 2.34 bits per heavy atom. The van der Waals surface area contributed by atoms with Crippen molar-refractivity contribution in [1.29, 1.82) is 0 Å². The van der Waals surface area contributed by atoms with E-state index in [0.29, 0.717) is 32.2 Å². The van der Waals surface area contributed by atoms with Gasteiger partial charge in [-0.25, -0.2) is 0 Å². The van der Waals surface area contributed by atoms with Crippen molar-refractivity contribution >= 4 is 11.9 Å². The Bertz CT molecular complexity index is 898. The quantitative estimate of drug-likeness (QED) is 0.799. The van der Waals surface area contributed by atoms with Crippen LogP contribution >= 0.6 is 0 Å². The van der Waals surface area contributed by atoms with Crippen molar-refractivity contribution in [3.05, 3.63) is 53.6 Å². The number of fused-ring (bicyclic) bond motifs is 1. The van der Waals surface area contributed by atoms with Crippen molar-refractivity contribution in [2.75, 3.05) is 0 Å². The lowest BCUT2D eigenvalue weighted by Gasteiger charge is -2.25. The van der Waals surface area contributed by atoms with Crippen LogP contribution in [-0.2, 0) is 22.6 Å². The van der Waals surface area contributed by atoms with Crippen molar-refractivity contribution in [3.8, 4) is 16.9 Å². The molecule has 1 aliphatic heterocycles. The molecule has 0 radical (unpaired) electrons. The van der Waals surface area contributed by atoms with Gasteiger partial charge in [-0.15, -0.1) is 0 Å². The smallest absolute Gasteiger partial charge is 0.306 e. The number of ether oxygens (including phenoxy) is 1. The van der Waals surface area contributed by atoms with Gasteiger partial charge in [-0.1, -0.05) is 30.3 Å². The van der Waals surface area contributed by atoms with Gasteiger partial charge in [0.25, 0.3) is 0 Å². The van der Waals surface area contributed by atoms with Crippen molar-refractivity contribution < 1.29 is 19.4 Å². The van der Waals surface area contributed by atoms with Crippen molar-refractivity contribution in [1.82, 2.24) is 5.32 Å². The van der Waals surface area contributed by atoms with Crippen LogP contribution in [0.4, 0.5) is 0 Å². The first-order valence-electron chi connectivity index (χ1n) is 10.4. The number of benzene rings is 2. The molecule has 2 aliphatic rings. The van der Waals surface area contributed by atoms with Gasteiger partial charge in [-0.05, 0) is 67.0 Å². The molecule has 5 heteroatoms. The second kappa shape index (κ2) is 8.27. The van der Waals surface area contributed by atoms with Gasteiger partial charge in [0.05, 0.1) is 5.92 Å². The molecular formula is C24H27NO4. The third-order valence-corrected chi connectivity index (χ3v) is 6.10. The summed E-state index contributed by atoms with van der Waals surface area (Å²) in [5, 5.41) is 12.1. The highest BCUT2D eigenvalue weighted by Crippen LogP contribution is 2.33. The van der Waals surface area contributed by atoms with Crippen LogP contribution in [-0.4, -0.2) is 23.1 Å². The zero-order valence-corrected chi connectivity index (χ0v) is 16.7. The summed E-state index contributed by atoms with van der Waals surface area (Å²) >= 11 is 0. The lowest BCUT2D eigenvalue weighted by molar-refractivity contribution is -0.144. The topological polar surface area (TPSA) is 75.6 Å². The van der Waals surface area contributed by atoms with E-state index in [1.807, 2.05) is 18.2 Å². The molecule has 0 bridgehead atoms. The second-order valence-electron chi connectivity index (χ2n) is 8.26. The first-order chi connectivity index (χ1) is 14.0. The van der Waals surface area contributed by atoms with E-state index in [9.17, 15) is 9.59 Å². The van der Waals surface area contributed by atoms with Crippen LogP contribution in [0.15, 0.2) is 42.5 Å². The summed E-state index contributed by atoms with van der Waals surface area (Å²) in [7, 11) is 0. The minimum atomic E-state index is -0.741. The highest BCUT2D eigenvalue weighted by atomic mass is 16.5. The number of amides is 1. The van der Waals surface area contributed by atoms with E-state index in [-0.39, 0.29) is 23.8 Å². The van der Waals surface area contributed by atoms with Gasteiger partial charge in [0.15, 0.2) is 0 Å². The predicted molar refractivity (Wildman–Crippen MR) is 111 cm³/mol. The lowest BCUT2D eigenvalue weighted by Crippen LogP contribution is -2.34. The summed E-state index contributed by atoms with van der Waals surface area (Å²) in [5.74, 6) is -0.0838. The standard InChI is InChI=1S/C24H27NO4/c1-15-12-21-13-20(10-11-22(21)29-15)17-4-2-16(3-5-17)14-25-23(26)18-6-8-19(9-7-18)24(27)28/h2-5,10-11,13,15,18-19H,6-9,12,14H2,1H3,(H,25,26)(H,27,28). The lowest BCUT2D eigenvalue weighted by atomic mass is 9.81. The fourth-order valence-electron chi connectivity index (χ4n) is 4.35. The Kier molecular flexibility index (Phi) is 5.56. The number of rotatable bonds is 5. The zero-order chi connectivity index (χ0) is 20.4. The SMILES string of the molecule is CC1Cc2cc(-c3ccc(CNC(=O)C4CCC(C(=O)O)CC4)cc3)ccc2O1. The Morgan fingerprint density at radius 2 is 1.66 bits per heavy atom. The third-order valence-electron chi connectivity index (χ3n) is 6.10. The first-order valence-corrected chi connectivity index (χ1v) is 10.4. The maximum Gasteiger partial charge on any atom is 0.306 e. The summed E-state index contributed by atoms with van der Waals surface area (Å²) in [6.07, 6.45) is 3.68. The molecule has 1 fully saturated rings.